The fourth-order valence-corrected chi connectivity index (χ4v) is 4.93. The van der Waals surface area contributed by atoms with E-state index < -0.39 is 0 Å². The zero-order chi connectivity index (χ0) is 21.4. The molecule has 2 aliphatic heterocycles. The highest BCUT2D eigenvalue weighted by atomic mass is 16.5. The second kappa shape index (κ2) is 8.33. The molecule has 6 heteroatoms. The minimum atomic E-state index is -0.0549. The number of hydrogen-bond acceptors (Lipinski definition) is 5. The lowest BCUT2D eigenvalue weighted by Crippen LogP contribution is -2.61. The Morgan fingerprint density at radius 3 is 2.48 bits per heavy atom. The van der Waals surface area contributed by atoms with Crippen molar-refractivity contribution in [2.24, 2.45) is 11.8 Å². The van der Waals surface area contributed by atoms with Crippen LogP contribution in [0.2, 0.25) is 0 Å². The van der Waals surface area contributed by atoms with Crippen molar-refractivity contribution in [3.63, 3.8) is 0 Å². The van der Waals surface area contributed by atoms with Crippen LogP contribution in [0.4, 0.5) is 11.4 Å². The van der Waals surface area contributed by atoms with E-state index in [1.165, 1.54) is 29.8 Å². The van der Waals surface area contributed by atoms with Crippen LogP contribution in [0.1, 0.15) is 18.4 Å². The molecule has 1 saturated heterocycles. The average Bonchev–Trinajstić information content (AvgIpc) is 3.66. The standard InChI is InChI=1S/C25H31N3O3/c1-30-20-9-6-19(7-10-20)27-11-12-28-23-14-21(31-2)8-5-18(23)13-22(24(28)16-27)25(29)26-15-17-3-4-17/h5-10,14,17,22,24H,3-4,11-13,15-16H2,1-2H3,(H,26,29)/t22-,24+/m1/s1. The Labute approximate surface area is 184 Å². The van der Waals surface area contributed by atoms with Crippen molar-refractivity contribution in [3.8, 4) is 11.5 Å². The number of carbonyl (C=O) groups excluding carboxylic acids is 1. The number of rotatable bonds is 6. The first kappa shape index (κ1) is 20.0. The molecule has 31 heavy (non-hydrogen) atoms. The molecule has 2 atom stereocenters. The summed E-state index contributed by atoms with van der Waals surface area (Å²) in [5.41, 5.74) is 3.63. The summed E-state index contributed by atoms with van der Waals surface area (Å²) in [6.07, 6.45) is 3.26. The van der Waals surface area contributed by atoms with Crippen LogP contribution in [0.15, 0.2) is 42.5 Å². The van der Waals surface area contributed by atoms with E-state index in [0.717, 1.165) is 44.1 Å². The van der Waals surface area contributed by atoms with Gasteiger partial charge in [0.2, 0.25) is 5.91 Å². The second-order valence-corrected chi connectivity index (χ2v) is 8.90. The first-order valence-corrected chi connectivity index (χ1v) is 11.3. The molecular weight excluding hydrogens is 390 g/mol. The van der Waals surface area contributed by atoms with Crippen LogP contribution < -0.4 is 24.6 Å². The summed E-state index contributed by atoms with van der Waals surface area (Å²) in [6, 6.07) is 14.6. The molecule has 2 aromatic carbocycles. The number of fused-ring (bicyclic) bond motifs is 3. The topological polar surface area (TPSA) is 54.0 Å². The average molecular weight is 422 g/mol. The van der Waals surface area contributed by atoms with Gasteiger partial charge in [0.25, 0.3) is 0 Å². The quantitative estimate of drug-likeness (QED) is 0.777. The Kier molecular flexibility index (Phi) is 5.38. The lowest BCUT2D eigenvalue weighted by Gasteiger charge is -2.49. The fraction of sp³-hybridized carbons (Fsp3) is 0.480. The molecule has 2 heterocycles. The van der Waals surface area contributed by atoms with Crippen LogP contribution in [0, 0.1) is 11.8 Å². The van der Waals surface area contributed by atoms with Crippen molar-refractivity contribution in [1.82, 2.24) is 5.32 Å². The third-order valence-electron chi connectivity index (χ3n) is 6.96. The maximum Gasteiger partial charge on any atom is 0.225 e. The zero-order valence-electron chi connectivity index (χ0n) is 18.3. The number of nitrogens with one attached hydrogen (secondary N) is 1. The summed E-state index contributed by atoms with van der Waals surface area (Å²) < 4.78 is 10.8. The maximum atomic E-state index is 13.2. The lowest BCUT2D eigenvalue weighted by molar-refractivity contribution is -0.125. The molecule has 1 amide bonds. The van der Waals surface area contributed by atoms with Crippen molar-refractivity contribution >= 4 is 17.3 Å². The van der Waals surface area contributed by atoms with Gasteiger partial charge in [0.15, 0.2) is 0 Å². The first-order chi connectivity index (χ1) is 15.2. The Morgan fingerprint density at radius 2 is 1.77 bits per heavy atom. The van der Waals surface area contributed by atoms with Crippen molar-refractivity contribution in [2.45, 2.75) is 25.3 Å². The number of hydrogen-bond donors (Lipinski definition) is 1. The second-order valence-electron chi connectivity index (χ2n) is 8.90. The van der Waals surface area contributed by atoms with E-state index >= 15 is 0 Å². The molecule has 3 aliphatic rings. The number of benzene rings is 2. The Balaban J connectivity index is 1.42. The van der Waals surface area contributed by atoms with Gasteiger partial charge in [0.05, 0.1) is 26.2 Å². The van der Waals surface area contributed by atoms with Gasteiger partial charge in [-0.15, -0.1) is 0 Å². The monoisotopic (exact) mass is 421 g/mol. The van der Waals surface area contributed by atoms with Crippen molar-refractivity contribution in [3.05, 3.63) is 48.0 Å². The van der Waals surface area contributed by atoms with E-state index in [0.29, 0.717) is 5.92 Å². The summed E-state index contributed by atoms with van der Waals surface area (Å²) >= 11 is 0. The third-order valence-corrected chi connectivity index (χ3v) is 6.96. The van der Waals surface area contributed by atoms with Gasteiger partial charge in [0.1, 0.15) is 11.5 Å². The Hall–Kier alpha value is -2.89. The number of ether oxygens (including phenoxy) is 2. The zero-order valence-corrected chi connectivity index (χ0v) is 18.3. The highest BCUT2D eigenvalue weighted by Gasteiger charge is 2.42. The van der Waals surface area contributed by atoms with Crippen LogP contribution in [0.5, 0.6) is 11.5 Å². The molecule has 0 radical (unpaired) electrons. The minimum absolute atomic E-state index is 0.0549. The number of methoxy groups -OCH3 is 2. The molecule has 0 unspecified atom stereocenters. The third kappa shape index (κ3) is 4.03. The van der Waals surface area contributed by atoms with Crippen molar-refractivity contribution in [2.75, 3.05) is 50.2 Å². The molecular formula is C25H31N3O3. The van der Waals surface area contributed by atoms with E-state index in [9.17, 15) is 4.79 Å². The first-order valence-electron chi connectivity index (χ1n) is 11.3. The molecule has 0 bridgehead atoms. The van der Waals surface area contributed by atoms with Gasteiger partial charge >= 0.3 is 0 Å². The normalized spacial score (nSPS) is 22.4. The van der Waals surface area contributed by atoms with E-state index in [1.54, 1.807) is 14.2 Å². The van der Waals surface area contributed by atoms with E-state index in [-0.39, 0.29) is 17.9 Å². The molecule has 0 spiro atoms. The number of carbonyl (C=O) groups is 1. The summed E-state index contributed by atoms with van der Waals surface area (Å²) in [6.45, 7) is 3.43. The predicted molar refractivity (Wildman–Crippen MR) is 122 cm³/mol. The van der Waals surface area contributed by atoms with E-state index in [1.807, 2.05) is 18.2 Å². The van der Waals surface area contributed by atoms with Crippen LogP contribution >= 0.6 is 0 Å². The van der Waals surface area contributed by atoms with Crippen molar-refractivity contribution < 1.29 is 14.3 Å². The molecule has 1 aliphatic carbocycles. The fourth-order valence-electron chi connectivity index (χ4n) is 4.93. The van der Waals surface area contributed by atoms with Crippen LogP contribution in [0.25, 0.3) is 0 Å². The highest BCUT2D eigenvalue weighted by molar-refractivity contribution is 5.82. The minimum Gasteiger partial charge on any atom is -0.497 e. The largest absolute Gasteiger partial charge is 0.497 e. The molecule has 5 rings (SSSR count). The van der Waals surface area contributed by atoms with E-state index in [4.69, 9.17) is 9.47 Å². The summed E-state index contributed by atoms with van der Waals surface area (Å²) in [5.74, 6) is 2.55. The smallest absolute Gasteiger partial charge is 0.225 e. The molecule has 2 aromatic rings. The van der Waals surface area contributed by atoms with Gasteiger partial charge in [-0.2, -0.15) is 0 Å². The van der Waals surface area contributed by atoms with Crippen LogP contribution in [-0.4, -0.2) is 52.3 Å². The Morgan fingerprint density at radius 1 is 1.03 bits per heavy atom. The Bertz CT molecular complexity index is 942. The number of nitrogens with zero attached hydrogens (tertiary/aromatic N) is 2. The van der Waals surface area contributed by atoms with Gasteiger partial charge < -0.3 is 24.6 Å². The maximum absolute atomic E-state index is 13.2. The summed E-state index contributed by atoms with van der Waals surface area (Å²) in [7, 11) is 3.39. The predicted octanol–water partition coefficient (Wildman–Crippen LogP) is 3.10. The van der Waals surface area contributed by atoms with Crippen LogP contribution in [0.3, 0.4) is 0 Å². The number of piperazine rings is 1. The van der Waals surface area contributed by atoms with Gasteiger partial charge in [-0.3, -0.25) is 4.79 Å². The molecule has 0 aromatic heterocycles. The molecule has 2 fully saturated rings. The van der Waals surface area contributed by atoms with Gasteiger partial charge in [-0.25, -0.2) is 0 Å². The molecule has 164 valence electrons. The van der Waals surface area contributed by atoms with Crippen molar-refractivity contribution in [1.29, 1.82) is 0 Å². The van der Waals surface area contributed by atoms with Crippen LogP contribution in [-0.2, 0) is 11.2 Å². The summed E-state index contributed by atoms with van der Waals surface area (Å²) in [5, 5.41) is 3.25. The van der Waals surface area contributed by atoms with Gasteiger partial charge in [-0.05, 0) is 61.1 Å². The SMILES string of the molecule is COc1ccc(N2CCN3c4cc(OC)ccc4C[C@@H](C(=O)NCC4CC4)[C@@H]3C2)cc1. The molecule has 6 nitrogen and oxygen atoms in total. The highest BCUT2D eigenvalue weighted by Crippen LogP contribution is 2.39. The molecule has 1 N–H and O–H groups in total. The van der Waals surface area contributed by atoms with Gasteiger partial charge in [-0.1, -0.05) is 6.07 Å². The van der Waals surface area contributed by atoms with E-state index in [2.05, 4.69) is 39.4 Å². The lowest BCUT2D eigenvalue weighted by atomic mass is 9.83. The number of anilines is 2. The molecule has 1 saturated carbocycles. The van der Waals surface area contributed by atoms with Gasteiger partial charge in [0, 0.05) is 43.6 Å². The number of amides is 1. The summed E-state index contributed by atoms with van der Waals surface area (Å²) in [4.78, 5) is 18.1.